The summed E-state index contributed by atoms with van der Waals surface area (Å²) in [5.74, 6) is 0.104. The predicted molar refractivity (Wildman–Crippen MR) is 68.1 cm³/mol. The molecule has 0 saturated carbocycles. The fraction of sp³-hybridized carbons (Fsp3) is 0.286. The molecule has 0 aliphatic carbocycles. The van der Waals surface area contributed by atoms with E-state index in [1.54, 1.807) is 23.2 Å². The van der Waals surface area contributed by atoms with E-state index in [0.29, 0.717) is 19.6 Å². The number of fused-ring (bicyclic) bond motifs is 1. The molecule has 98 valence electrons. The largest absolute Gasteiger partial charge is 0.332 e. The Kier molecular flexibility index (Phi) is 2.81. The Balaban J connectivity index is 1.87. The van der Waals surface area contributed by atoms with Crippen LogP contribution in [0, 0.1) is 12.7 Å². The molecule has 1 amide bonds. The molecule has 0 unspecified atom stereocenters. The molecule has 0 saturated heterocycles. The lowest BCUT2D eigenvalue weighted by Crippen LogP contribution is -2.38. The normalized spacial score (nSPS) is 14.3. The van der Waals surface area contributed by atoms with Crippen LogP contribution in [0.3, 0.4) is 0 Å². The van der Waals surface area contributed by atoms with Crippen molar-refractivity contribution in [2.75, 3.05) is 6.54 Å². The molecule has 0 atom stereocenters. The van der Waals surface area contributed by atoms with Gasteiger partial charge < -0.3 is 9.47 Å². The molecule has 19 heavy (non-hydrogen) atoms. The minimum absolute atomic E-state index is 0.139. The summed E-state index contributed by atoms with van der Waals surface area (Å²) in [6.45, 7) is 3.56. The first kappa shape index (κ1) is 11.9. The molecule has 3 rings (SSSR count). The molecule has 4 nitrogen and oxygen atoms in total. The topological polar surface area (TPSA) is 38.1 Å². The smallest absolute Gasteiger partial charge is 0.257 e. The van der Waals surface area contributed by atoms with E-state index in [9.17, 15) is 9.18 Å². The van der Waals surface area contributed by atoms with Crippen molar-refractivity contribution in [3.05, 3.63) is 53.4 Å². The van der Waals surface area contributed by atoms with E-state index in [1.165, 1.54) is 6.07 Å². The summed E-state index contributed by atoms with van der Waals surface area (Å²) >= 11 is 0. The van der Waals surface area contributed by atoms with Gasteiger partial charge in [-0.05, 0) is 19.1 Å². The highest BCUT2D eigenvalue weighted by molar-refractivity contribution is 5.94. The predicted octanol–water partition coefficient (Wildman–Crippen LogP) is 1.99. The number of benzene rings is 1. The molecule has 0 radical (unpaired) electrons. The molecule has 0 bridgehead atoms. The Morgan fingerprint density at radius 3 is 3.05 bits per heavy atom. The third-order valence-corrected chi connectivity index (χ3v) is 3.38. The SMILES string of the molecule is Cc1ccc(F)c(C(=O)N2CCn3ccnc3C2)c1. The first-order chi connectivity index (χ1) is 9.15. The summed E-state index contributed by atoms with van der Waals surface area (Å²) in [5, 5.41) is 0. The van der Waals surface area contributed by atoms with Gasteiger partial charge in [0.25, 0.3) is 5.91 Å². The fourth-order valence-corrected chi connectivity index (χ4v) is 2.32. The van der Waals surface area contributed by atoms with Crippen molar-refractivity contribution in [2.45, 2.75) is 20.0 Å². The van der Waals surface area contributed by atoms with Crippen molar-refractivity contribution in [1.29, 1.82) is 0 Å². The van der Waals surface area contributed by atoms with E-state index in [0.717, 1.165) is 11.4 Å². The molecule has 0 spiro atoms. The van der Waals surface area contributed by atoms with Gasteiger partial charge in [-0.3, -0.25) is 4.79 Å². The van der Waals surface area contributed by atoms with Gasteiger partial charge in [-0.15, -0.1) is 0 Å². The van der Waals surface area contributed by atoms with Crippen molar-refractivity contribution in [3.63, 3.8) is 0 Å². The molecular weight excluding hydrogens is 245 g/mol. The highest BCUT2D eigenvalue weighted by atomic mass is 19.1. The summed E-state index contributed by atoms with van der Waals surface area (Å²) in [6, 6.07) is 4.60. The van der Waals surface area contributed by atoms with E-state index in [4.69, 9.17) is 0 Å². The Morgan fingerprint density at radius 2 is 2.21 bits per heavy atom. The Labute approximate surface area is 110 Å². The van der Waals surface area contributed by atoms with Gasteiger partial charge in [0.1, 0.15) is 11.6 Å². The van der Waals surface area contributed by atoms with Crippen molar-refractivity contribution in [1.82, 2.24) is 14.5 Å². The maximum absolute atomic E-state index is 13.7. The molecule has 5 heteroatoms. The molecule has 1 aliphatic rings. The minimum atomic E-state index is -0.468. The van der Waals surface area contributed by atoms with Gasteiger partial charge in [-0.1, -0.05) is 11.6 Å². The number of imidazole rings is 1. The fourth-order valence-electron chi connectivity index (χ4n) is 2.32. The lowest BCUT2D eigenvalue weighted by atomic mass is 10.1. The Hall–Kier alpha value is -2.17. The van der Waals surface area contributed by atoms with E-state index in [2.05, 4.69) is 4.98 Å². The summed E-state index contributed by atoms with van der Waals surface area (Å²) in [5.41, 5.74) is 1.02. The third-order valence-electron chi connectivity index (χ3n) is 3.38. The van der Waals surface area contributed by atoms with Crippen molar-refractivity contribution in [3.8, 4) is 0 Å². The average Bonchev–Trinajstić information content (AvgIpc) is 2.88. The Morgan fingerprint density at radius 1 is 1.37 bits per heavy atom. The number of hydrogen-bond donors (Lipinski definition) is 0. The zero-order valence-corrected chi connectivity index (χ0v) is 10.6. The van der Waals surface area contributed by atoms with Crippen LogP contribution in [-0.2, 0) is 13.1 Å². The second-order valence-corrected chi connectivity index (χ2v) is 4.75. The molecule has 2 heterocycles. The van der Waals surface area contributed by atoms with Gasteiger partial charge in [0.05, 0.1) is 12.1 Å². The van der Waals surface area contributed by atoms with Gasteiger partial charge in [-0.2, -0.15) is 0 Å². The van der Waals surface area contributed by atoms with Crippen LogP contribution in [0.25, 0.3) is 0 Å². The number of hydrogen-bond acceptors (Lipinski definition) is 2. The van der Waals surface area contributed by atoms with Crippen molar-refractivity contribution in [2.24, 2.45) is 0 Å². The first-order valence-electron chi connectivity index (χ1n) is 6.20. The van der Waals surface area contributed by atoms with Crippen LogP contribution < -0.4 is 0 Å². The molecule has 1 aliphatic heterocycles. The second kappa shape index (κ2) is 4.50. The number of carbonyl (C=O) groups is 1. The van der Waals surface area contributed by atoms with Crippen LogP contribution in [-0.4, -0.2) is 26.9 Å². The molecular formula is C14H14FN3O. The third kappa shape index (κ3) is 2.12. The van der Waals surface area contributed by atoms with Gasteiger partial charge in [0.15, 0.2) is 0 Å². The van der Waals surface area contributed by atoms with Crippen molar-refractivity contribution >= 4 is 5.91 Å². The number of nitrogens with zero attached hydrogens (tertiary/aromatic N) is 3. The van der Waals surface area contributed by atoms with E-state index < -0.39 is 5.82 Å². The Bertz CT molecular complexity index is 635. The maximum atomic E-state index is 13.7. The van der Waals surface area contributed by atoms with E-state index >= 15 is 0 Å². The highest BCUT2D eigenvalue weighted by Gasteiger charge is 2.24. The molecule has 0 fully saturated rings. The monoisotopic (exact) mass is 259 g/mol. The standard InChI is InChI=1S/C14H14FN3O/c1-10-2-3-12(15)11(8-10)14(19)18-7-6-17-5-4-16-13(17)9-18/h2-5,8H,6-7,9H2,1H3. The van der Waals surface area contributed by atoms with E-state index in [-0.39, 0.29) is 11.5 Å². The summed E-state index contributed by atoms with van der Waals surface area (Å²) in [6.07, 6.45) is 3.61. The van der Waals surface area contributed by atoms with Gasteiger partial charge >= 0.3 is 0 Å². The molecule has 0 N–H and O–H groups in total. The average molecular weight is 259 g/mol. The lowest BCUT2D eigenvalue weighted by Gasteiger charge is -2.27. The molecule has 2 aromatic rings. The maximum Gasteiger partial charge on any atom is 0.257 e. The number of rotatable bonds is 1. The summed E-state index contributed by atoms with van der Waals surface area (Å²) in [7, 11) is 0. The summed E-state index contributed by atoms with van der Waals surface area (Å²) in [4.78, 5) is 18.2. The minimum Gasteiger partial charge on any atom is -0.332 e. The van der Waals surface area contributed by atoms with Gasteiger partial charge in [-0.25, -0.2) is 9.37 Å². The van der Waals surface area contributed by atoms with Crippen LogP contribution in [0.15, 0.2) is 30.6 Å². The van der Waals surface area contributed by atoms with Crippen LogP contribution in [0.1, 0.15) is 21.7 Å². The molecule has 1 aromatic carbocycles. The quantitative estimate of drug-likeness (QED) is 0.785. The van der Waals surface area contributed by atoms with Crippen LogP contribution in [0.5, 0.6) is 0 Å². The number of carbonyl (C=O) groups excluding carboxylic acids is 1. The van der Waals surface area contributed by atoms with Crippen molar-refractivity contribution < 1.29 is 9.18 Å². The summed E-state index contributed by atoms with van der Waals surface area (Å²) < 4.78 is 15.8. The number of aryl methyl sites for hydroxylation is 1. The van der Waals surface area contributed by atoms with Crippen LogP contribution in [0.2, 0.25) is 0 Å². The highest BCUT2D eigenvalue weighted by Crippen LogP contribution is 2.17. The first-order valence-corrected chi connectivity index (χ1v) is 6.20. The zero-order valence-electron chi connectivity index (χ0n) is 10.6. The number of halogens is 1. The van der Waals surface area contributed by atoms with Crippen LogP contribution >= 0.6 is 0 Å². The van der Waals surface area contributed by atoms with Crippen LogP contribution in [0.4, 0.5) is 4.39 Å². The number of aromatic nitrogens is 2. The zero-order chi connectivity index (χ0) is 13.4. The van der Waals surface area contributed by atoms with E-state index in [1.807, 2.05) is 17.7 Å². The second-order valence-electron chi connectivity index (χ2n) is 4.75. The number of amides is 1. The van der Waals surface area contributed by atoms with Gasteiger partial charge in [0, 0.05) is 25.5 Å². The van der Waals surface area contributed by atoms with Gasteiger partial charge in [0.2, 0.25) is 0 Å². The lowest BCUT2D eigenvalue weighted by molar-refractivity contribution is 0.0702. The molecule has 1 aromatic heterocycles.